The zero-order chi connectivity index (χ0) is 15.7. The molecule has 0 amide bonds. The van der Waals surface area contributed by atoms with Crippen molar-refractivity contribution in [2.75, 3.05) is 7.11 Å². The SMILES string of the molecule is C=C(C)Cn1cnc2c(cnn2-c2ccc(OC)cc2)c1=O. The quantitative estimate of drug-likeness (QED) is 0.692. The second-order valence-electron chi connectivity index (χ2n) is 5.13. The lowest BCUT2D eigenvalue weighted by Crippen LogP contribution is -2.20. The van der Waals surface area contributed by atoms with Crippen molar-refractivity contribution in [3.63, 3.8) is 0 Å². The minimum Gasteiger partial charge on any atom is -0.497 e. The second kappa shape index (κ2) is 5.48. The van der Waals surface area contributed by atoms with Crippen molar-refractivity contribution >= 4 is 11.0 Å². The van der Waals surface area contributed by atoms with Crippen molar-refractivity contribution in [2.45, 2.75) is 13.5 Å². The summed E-state index contributed by atoms with van der Waals surface area (Å²) in [4.78, 5) is 16.8. The molecule has 0 N–H and O–H groups in total. The maximum atomic E-state index is 12.4. The molecule has 1 aromatic carbocycles. The molecule has 0 bridgehead atoms. The van der Waals surface area contributed by atoms with Gasteiger partial charge in [-0.15, -0.1) is 0 Å². The van der Waals surface area contributed by atoms with Gasteiger partial charge in [0.1, 0.15) is 17.5 Å². The van der Waals surface area contributed by atoms with Crippen LogP contribution < -0.4 is 10.3 Å². The second-order valence-corrected chi connectivity index (χ2v) is 5.13. The number of hydrogen-bond donors (Lipinski definition) is 0. The highest BCUT2D eigenvalue weighted by molar-refractivity contribution is 5.74. The molecule has 0 saturated carbocycles. The fourth-order valence-corrected chi connectivity index (χ4v) is 2.26. The highest BCUT2D eigenvalue weighted by atomic mass is 16.5. The van der Waals surface area contributed by atoms with Crippen molar-refractivity contribution in [3.05, 3.63) is 59.3 Å². The number of fused-ring (bicyclic) bond motifs is 1. The highest BCUT2D eigenvalue weighted by Gasteiger charge is 2.11. The largest absolute Gasteiger partial charge is 0.497 e. The molecule has 0 fully saturated rings. The molecule has 0 aliphatic rings. The third-order valence-corrected chi connectivity index (χ3v) is 3.31. The van der Waals surface area contributed by atoms with Crippen molar-refractivity contribution in [1.82, 2.24) is 19.3 Å². The zero-order valence-electron chi connectivity index (χ0n) is 12.5. The molecule has 0 unspecified atom stereocenters. The number of methoxy groups -OCH3 is 1. The van der Waals surface area contributed by atoms with Crippen molar-refractivity contribution in [3.8, 4) is 11.4 Å². The molecule has 0 spiro atoms. The maximum absolute atomic E-state index is 12.4. The molecule has 3 aromatic rings. The van der Waals surface area contributed by atoms with E-state index >= 15 is 0 Å². The van der Waals surface area contributed by atoms with E-state index in [1.54, 1.807) is 18.0 Å². The molecule has 2 heterocycles. The zero-order valence-corrected chi connectivity index (χ0v) is 12.5. The van der Waals surface area contributed by atoms with Gasteiger partial charge in [-0.1, -0.05) is 12.2 Å². The minimum atomic E-state index is -0.118. The van der Waals surface area contributed by atoms with Crippen LogP contribution in [0.5, 0.6) is 5.75 Å². The number of ether oxygens (including phenoxy) is 1. The first kappa shape index (κ1) is 14.1. The van der Waals surface area contributed by atoms with E-state index in [-0.39, 0.29) is 5.56 Å². The third-order valence-electron chi connectivity index (χ3n) is 3.31. The summed E-state index contributed by atoms with van der Waals surface area (Å²) in [6.45, 7) is 6.15. The predicted molar refractivity (Wildman–Crippen MR) is 84.5 cm³/mol. The summed E-state index contributed by atoms with van der Waals surface area (Å²) < 4.78 is 8.31. The van der Waals surface area contributed by atoms with Crippen molar-refractivity contribution in [2.24, 2.45) is 0 Å². The van der Waals surface area contributed by atoms with E-state index in [9.17, 15) is 4.79 Å². The summed E-state index contributed by atoms with van der Waals surface area (Å²) in [6, 6.07) is 7.41. The Kier molecular flexibility index (Phi) is 3.50. The molecule has 6 nitrogen and oxygen atoms in total. The first-order valence-electron chi connectivity index (χ1n) is 6.82. The van der Waals surface area contributed by atoms with Crippen molar-refractivity contribution < 1.29 is 4.74 Å². The number of nitrogens with zero attached hydrogens (tertiary/aromatic N) is 4. The molecule has 0 radical (unpaired) electrons. The first-order valence-corrected chi connectivity index (χ1v) is 6.82. The van der Waals surface area contributed by atoms with Gasteiger partial charge in [0.05, 0.1) is 19.0 Å². The van der Waals surface area contributed by atoms with E-state index in [1.165, 1.54) is 10.9 Å². The normalized spacial score (nSPS) is 10.8. The van der Waals surface area contributed by atoms with Crippen LogP contribution in [0.15, 0.2) is 53.7 Å². The Bertz CT molecular complexity index is 891. The van der Waals surface area contributed by atoms with E-state index in [2.05, 4.69) is 16.7 Å². The number of aromatic nitrogens is 4. The summed E-state index contributed by atoms with van der Waals surface area (Å²) in [5.41, 5.74) is 2.13. The molecular formula is C16H16N4O2. The van der Waals surface area contributed by atoms with Crippen LogP contribution in [0.2, 0.25) is 0 Å². The van der Waals surface area contributed by atoms with Gasteiger partial charge in [0.25, 0.3) is 5.56 Å². The maximum Gasteiger partial charge on any atom is 0.264 e. The molecule has 3 rings (SSSR count). The minimum absolute atomic E-state index is 0.118. The van der Waals surface area contributed by atoms with Gasteiger partial charge in [0, 0.05) is 6.54 Å². The van der Waals surface area contributed by atoms with Gasteiger partial charge in [-0.3, -0.25) is 9.36 Å². The van der Waals surface area contributed by atoms with Crippen LogP contribution in [0, 0.1) is 0 Å². The van der Waals surface area contributed by atoms with Crippen molar-refractivity contribution in [1.29, 1.82) is 0 Å². The molecule has 0 aliphatic heterocycles. The average molecular weight is 296 g/mol. The Morgan fingerprint density at radius 3 is 2.68 bits per heavy atom. The Balaban J connectivity index is 2.10. The summed E-state index contributed by atoms with van der Waals surface area (Å²) in [6.07, 6.45) is 3.07. The standard InChI is InChI=1S/C16H16N4O2/c1-11(2)9-19-10-17-15-14(16(19)21)8-18-20(15)12-4-6-13(22-3)7-5-12/h4-8,10H,1,9H2,2-3H3. The van der Waals surface area contributed by atoms with E-state index in [0.717, 1.165) is 17.0 Å². The summed E-state index contributed by atoms with van der Waals surface area (Å²) in [5, 5.41) is 4.77. The highest BCUT2D eigenvalue weighted by Crippen LogP contribution is 2.17. The fourth-order valence-electron chi connectivity index (χ4n) is 2.26. The van der Waals surface area contributed by atoms with Crippen LogP contribution in [-0.2, 0) is 6.54 Å². The lowest BCUT2D eigenvalue weighted by Gasteiger charge is -2.06. The molecule has 0 atom stereocenters. The van der Waals surface area contributed by atoms with E-state index in [0.29, 0.717) is 17.6 Å². The molecule has 112 valence electrons. The van der Waals surface area contributed by atoms with E-state index in [1.807, 2.05) is 31.2 Å². The molecule has 22 heavy (non-hydrogen) atoms. The first-order chi connectivity index (χ1) is 10.6. The van der Waals surface area contributed by atoms with Crippen LogP contribution in [0.25, 0.3) is 16.7 Å². The van der Waals surface area contributed by atoms with Crippen LogP contribution in [0.1, 0.15) is 6.92 Å². The van der Waals surface area contributed by atoms with Gasteiger partial charge in [0.2, 0.25) is 0 Å². The topological polar surface area (TPSA) is 61.9 Å². The lowest BCUT2D eigenvalue weighted by atomic mass is 10.3. The summed E-state index contributed by atoms with van der Waals surface area (Å²) in [5.74, 6) is 0.761. The number of benzene rings is 1. The van der Waals surface area contributed by atoms with Gasteiger partial charge in [-0.2, -0.15) is 5.10 Å². The molecule has 0 aliphatic carbocycles. The summed E-state index contributed by atoms with van der Waals surface area (Å²) >= 11 is 0. The van der Waals surface area contributed by atoms with Crippen LogP contribution in [0.3, 0.4) is 0 Å². The molecule has 6 heteroatoms. The monoisotopic (exact) mass is 296 g/mol. The fraction of sp³-hybridized carbons (Fsp3) is 0.188. The Morgan fingerprint density at radius 1 is 1.32 bits per heavy atom. The Hall–Kier alpha value is -2.89. The van der Waals surface area contributed by atoms with Gasteiger partial charge in [-0.05, 0) is 31.2 Å². The van der Waals surface area contributed by atoms with Crippen LogP contribution >= 0.6 is 0 Å². The van der Waals surface area contributed by atoms with E-state index in [4.69, 9.17) is 4.74 Å². The van der Waals surface area contributed by atoms with Crippen LogP contribution in [-0.4, -0.2) is 26.4 Å². The molecular weight excluding hydrogens is 280 g/mol. The third kappa shape index (κ3) is 2.39. The van der Waals surface area contributed by atoms with Gasteiger partial charge < -0.3 is 4.74 Å². The van der Waals surface area contributed by atoms with Gasteiger partial charge in [-0.25, -0.2) is 9.67 Å². The Morgan fingerprint density at radius 2 is 2.05 bits per heavy atom. The van der Waals surface area contributed by atoms with E-state index < -0.39 is 0 Å². The Labute approximate surface area is 127 Å². The summed E-state index contributed by atoms with van der Waals surface area (Å²) in [7, 11) is 1.62. The lowest BCUT2D eigenvalue weighted by molar-refractivity contribution is 0.414. The van der Waals surface area contributed by atoms with Gasteiger partial charge >= 0.3 is 0 Å². The van der Waals surface area contributed by atoms with Gasteiger partial charge in [0.15, 0.2) is 5.65 Å². The molecule has 0 saturated heterocycles. The predicted octanol–water partition coefficient (Wildman–Crippen LogP) is 2.17. The number of rotatable bonds is 4. The number of allylic oxidation sites excluding steroid dienone is 1. The smallest absolute Gasteiger partial charge is 0.264 e. The van der Waals surface area contributed by atoms with Crippen LogP contribution in [0.4, 0.5) is 0 Å². The number of hydrogen-bond acceptors (Lipinski definition) is 4. The average Bonchev–Trinajstić information content (AvgIpc) is 2.94. The molecule has 2 aromatic heterocycles.